The Balaban J connectivity index is 0.00000177. The van der Waals surface area contributed by atoms with Gasteiger partial charge in [-0.2, -0.15) is 0 Å². The average Bonchev–Trinajstić information content (AvgIpc) is 3.75. The van der Waals surface area contributed by atoms with Crippen molar-refractivity contribution in [3.63, 3.8) is 0 Å². The standard InChI is InChI=1S/C45H29N5.C2H6/c1-2-10-36(39-12-5-6-26-46-39)35(9-1)32-20-25-41-38(29-32)45-43(15-8-28-48-45)50(41)34-23-18-31(19-24-34)30-16-21-33(22-17-30)49-40-13-4-3-11-37(40)44-42(49)14-7-27-47-44;1-2/h1-29H;1-2H3. The highest BCUT2D eigenvalue weighted by Crippen LogP contribution is 2.37. The van der Waals surface area contributed by atoms with Crippen molar-refractivity contribution in [3.8, 4) is 44.9 Å². The minimum absolute atomic E-state index is 0.961. The number of aromatic nitrogens is 5. The second-order valence-corrected chi connectivity index (χ2v) is 12.5. The molecule has 5 heteroatoms. The molecule has 248 valence electrons. The van der Waals surface area contributed by atoms with Crippen molar-refractivity contribution in [2.75, 3.05) is 0 Å². The third-order valence-electron chi connectivity index (χ3n) is 9.71. The second kappa shape index (κ2) is 13.1. The zero-order valence-electron chi connectivity index (χ0n) is 29.0. The molecule has 0 fully saturated rings. The summed E-state index contributed by atoms with van der Waals surface area (Å²) in [5.41, 5.74) is 15.4. The van der Waals surface area contributed by atoms with Gasteiger partial charge in [0.15, 0.2) is 0 Å². The predicted molar refractivity (Wildman–Crippen MR) is 216 cm³/mol. The van der Waals surface area contributed by atoms with Crippen molar-refractivity contribution in [2.24, 2.45) is 0 Å². The first-order chi connectivity index (χ1) is 25.8. The van der Waals surface area contributed by atoms with E-state index in [0.29, 0.717) is 0 Å². The monoisotopic (exact) mass is 669 g/mol. The number of benzene rings is 5. The fourth-order valence-electron chi connectivity index (χ4n) is 7.43. The molecule has 0 spiro atoms. The smallest absolute Gasteiger partial charge is 0.0963 e. The number of nitrogens with zero attached hydrogens (tertiary/aromatic N) is 5. The van der Waals surface area contributed by atoms with Crippen LogP contribution in [0.15, 0.2) is 176 Å². The van der Waals surface area contributed by atoms with E-state index in [4.69, 9.17) is 9.97 Å². The highest BCUT2D eigenvalue weighted by Gasteiger charge is 2.17. The molecule has 10 rings (SSSR count). The highest BCUT2D eigenvalue weighted by molar-refractivity contribution is 6.09. The van der Waals surface area contributed by atoms with Crippen molar-refractivity contribution < 1.29 is 0 Å². The molecule has 0 radical (unpaired) electrons. The fraction of sp³-hybridized carbons (Fsp3) is 0.0426. The van der Waals surface area contributed by atoms with E-state index in [1.165, 1.54) is 5.56 Å². The number of rotatable bonds is 5. The maximum Gasteiger partial charge on any atom is 0.0963 e. The lowest BCUT2D eigenvalue weighted by atomic mass is 9.96. The third kappa shape index (κ3) is 5.14. The first kappa shape index (κ1) is 31.2. The van der Waals surface area contributed by atoms with Crippen molar-refractivity contribution in [2.45, 2.75) is 13.8 Å². The van der Waals surface area contributed by atoms with Gasteiger partial charge in [0.1, 0.15) is 0 Å². The summed E-state index contributed by atoms with van der Waals surface area (Å²) in [6.07, 6.45) is 5.59. The van der Waals surface area contributed by atoms with E-state index in [1.54, 1.807) is 0 Å². The van der Waals surface area contributed by atoms with E-state index < -0.39 is 0 Å². The number of hydrogen-bond acceptors (Lipinski definition) is 3. The number of pyridine rings is 3. The topological polar surface area (TPSA) is 48.5 Å². The van der Waals surface area contributed by atoms with E-state index in [1.807, 2.05) is 56.7 Å². The van der Waals surface area contributed by atoms with Gasteiger partial charge in [-0.1, -0.05) is 92.7 Å². The Bertz CT molecular complexity index is 2790. The van der Waals surface area contributed by atoms with E-state index >= 15 is 0 Å². The molecule has 0 saturated heterocycles. The van der Waals surface area contributed by atoms with E-state index in [0.717, 1.165) is 83.2 Å². The minimum atomic E-state index is 0.961. The molecule has 52 heavy (non-hydrogen) atoms. The summed E-state index contributed by atoms with van der Waals surface area (Å²) in [4.78, 5) is 14.2. The summed E-state index contributed by atoms with van der Waals surface area (Å²) >= 11 is 0. The normalized spacial score (nSPS) is 11.3. The second-order valence-electron chi connectivity index (χ2n) is 12.5. The molecule has 0 N–H and O–H groups in total. The Hall–Kier alpha value is -6.85. The van der Waals surface area contributed by atoms with Crippen LogP contribution in [0, 0.1) is 0 Å². The van der Waals surface area contributed by atoms with Crippen LogP contribution < -0.4 is 0 Å². The lowest BCUT2D eigenvalue weighted by molar-refractivity contribution is 1.17. The number of fused-ring (bicyclic) bond motifs is 6. The van der Waals surface area contributed by atoms with Gasteiger partial charge in [0.2, 0.25) is 0 Å². The van der Waals surface area contributed by atoms with Crippen LogP contribution in [0.2, 0.25) is 0 Å². The summed E-state index contributed by atoms with van der Waals surface area (Å²) in [6.45, 7) is 4.00. The van der Waals surface area contributed by atoms with Crippen LogP contribution in [-0.2, 0) is 0 Å². The average molecular weight is 670 g/mol. The molecule has 0 bridgehead atoms. The van der Waals surface area contributed by atoms with Crippen LogP contribution in [-0.4, -0.2) is 24.1 Å². The molecule has 5 aromatic carbocycles. The van der Waals surface area contributed by atoms with Crippen LogP contribution in [0.1, 0.15) is 13.8 Å². The van der Waals surface area contributed by atoms with Gasteiger partial charge in [0, 0.05) is 46.3 Å². The molecule has 5 aromatic heterocycles. The molecule has 0 amide bonds. The molecule has 10 aromatic rings. The fourth-order valence-corrected chi connectivity index (χ4v) is 7.43. The van der Waals surface area contributed by atoms with Crippen molar-refractivity contribution in [1.29, 1.82) is 0 Å². The zero-order chi connectivity index (χ0) is 35.0. The van der Waals surface area contributed by atoms with E-state index in [2.05, 4.69) is 148 Å². The molecule has 0 aliphatic carbocycles. The Kier molecular flexibility index (Phi) is 7.86. The molecular formula is C47H35N5. The Morgan fingerprint density at radius 3 is 1.50 bits per heavy atom. The lowest BCUT2D eigenvalue weighted by Crippen LogP contribution is -1.95. The molecule has 0 aliphatic heterocycles. The summed E-state index contributed by atoms with van der Waals surface area (Å²) in [7, 11) is 0. The van der Waals surface area contributed by atoms with Gasteiger partial charge in [-0.15, -0.1) is 0 Å². The molecule has 0 atom stereocenters. The maximum absolute atomic E-state index is 4.86. The van der Waals surface area contributed by atoms with Gasteiger partial charge in [0.25, 0.3) is 0 Å². The molecule has 5 heterocycles. The summed E-state index contributed by atoms with van der Waals surface area (Å²) in [5.74, 6) is 0. The van der Waals surface area contributed by atoms with E-state index in [9.17, 15) is 0 Å². The number of para-hydroxylation sites is 1. The van der Waals surface area contributed by atoms with Crippen molar-refractivity contribution in [3.05, 3.63) is 176 Å². The third-order valence-corrected chi connectivity index (χ3v) is 9.71. The van der Waals surface area contributed by atoms with Crippen LogP contribution in [0.4, 0.5) is 0 Å². The molecule has 0 saturated carbocycles. The first-order valence-electron chi connectivity index (χ1n) is 17.8. The lowest BCUT2D eigenvalue weighted by Gasteiger charge is -2.12. The SMILES string of the molecule is CC.c1ccc(-c2ccccc2-c2ccc3c(c2)c2ncccc2n3-c2ccc(-c3ccc(-n4c5ccccc5c5ncccc54)cc3)cc2)nc1. The Morgan fingerprint density at radius 1 is 0.365 bits per heavy atom. The van der Waals surface area contributed by atoms with Crippen molar-refractivity contribution >= 4 is 43.9 Å². The van der Waals surface area contributed by atoms with Crippen molar-refractivity contribution in [1.82, 2.24) is 24.1 Å². The minimum Gasteiger partial charge on any atom is -0.308 e. The largest absolute Gasteiger partial charge is 0.308 e. The Morgan fingerprint density at radius 2 is 0.865 bits per heavy atom. The first-order valence-corrected chi connectivity index (χ1v) is 17.8. The van der Waals surface area contributed by atoms with Crippen LogP contribution in [0.25, 0.3) is 88.8 Å². The predicted octanol–water partition coefficient (Wildman–Crippen LogP) is 12.1. The van der Waals surface area contributed by atoms with Crippen LogP contribution in [0.3, 0.4) is 0 Å². The molecular weight excluding hydrogens is 635 g/mol. The van der Waals surface area contributed by atoms with Gasteiger partial charge >= 0.3 is 0 Å². The molecule has 0 aliphatic rings. The molecule has 5 nitrogen and oxygen atoms in total. The van der Waals surface area contributed by atoms with Gasteiger partial charge in [-0.25, -0.2) is 0 Å². The zero-order valence-corrected chi connectivity index (χ0v) is 29.0. The van der Waals surface area contributed by atoms with Crippen LogP contribution in [0.5, 0.6) is 0 Å². The molecule has 0 unspecified atom stereocenters. The van der Waals surface area contributed by atoms with E-state index in [-0.39, 0.29) is 0 Å². The van der Waals surface area contributed by atoms with Gasteiger partial charge in [-0.05, 0) is 101 Å². The van der Waals surface area contributed by atoms with Gasteiger partial charge < -0.3 is 9.13 Å². The van der Waals surface area contributed by atoms with Gasteiger partial charge in [-0.3, -0.25) is 15.0 Å². The Labute approximate surface area is 302 Å². The summed E-state index contributed by atoms with van der Waals surface area (Å²) in [5, 5.41) is 2.28. The maximum atomic E-state index is 4.86. The van der Waals surface area contributed by atoms with Crippen LogP contribution >= 0.6 is 0 Å². The van der Waals surface area contributed by atoms with Gasteiger partial charge in [0.05, 0.1) is 38.8 Å². The highest BCUT2D eigenvalue weighted by atomic mass is 15.0. The summed E-state index contributed by atoms with van der Waals surface area (Å²) < 4.78 is 4.61. The number of hydrogen-bond donors (Lipinski definition) is 0. The summed E-state index contributed by atoms with van der Waals surface area (Å²) in [6, 6.07) is 55.6. The quantitative estimate of drug-likeness (QED) is 0.183.